The summed E-state index contributed by atoms with van der Waals surface area (Å²) < 4.78 is 183. The summed E-state index contributed by atoms with van der Waals surface area (Å²) in [5, 5.41) is 9.12. The molecule has 1 N–H and O–H groups in total. The number of hydrogen-bond acceptors (Lipinski definition) is 3. The Morgan fingerprint density at radius 3 is 1.07 bits per heavy atom. The maximum absolute atomic E-state index is 13.3. The molecule has 4 aliphatic rings. The first-order valence-corrected chi connectivity index (χ1v) is 18.9. The Hall–Kier alpha value is -1.10. The number of rotatable bonds is 12. The van der Waals surface area contributed by atoms with Gasteiger partial charge < -0.3 is 14.6 Å². The van der Waals surface area contributed by atoms with Crippen LogP contribution in [0, 0.1) is 35.5 Å². The quantitative estimate of drug-likeness (QED) is 0.121. The van der Waals surface area contributed by atoms with E-state index in [0.717, 1.165) is 19.3 Å². The summed E-state index contributed by atoms with van der Waals surface area (Å²) >= 11 is 0. The van der Waals surface area contributed by atoms with Gasteiger partial charge in [-0.25, -0.2) is 0 Å². The fourth-order valence-electron chi connectivity index (χ4n) is 7.94. The highest BCUT2D eigenvalue weighted by molar-refractivity contribution is 5.02. The Labute approximate surface area is 312 Å². The van der Waals surface area contributed by atoms with Gasteiger partial charge in [-0.15, -0.1) is 0 Å². The van der Waals surface area contributed by atoms with Gasteiger partial charge in [0.1, 0.15) is 6.79 Å². The lowest BCUT2D eigenvalue weighted by molar-refractivity contribution is -0.398. The van der Waals surface area contributed by atoms with Crippen LogP contribution in [0.15, 0.2) is 0 Å². The van der Waals surface area contributed by atoms with E-state index in [-0.39, 0.29) is 30.3 Å². The molecule has 0 aromatic heterocycles. The van der Waals surface area contributed by atoms with Crippen molar-refractivity contribution in [2.24, 2.45) is 35.5 Å². The third-order valence-electron chi connectivity index (χ3n) is 10.7. The number of aliphatic hydroxyl groups is 1. The highest BCUT2D eigenvalue weighted by Gasteiger charge is 2.73. The summed E-state index contributed by atoms with van der Waals surface area (Å²) in [5.74, 6) is -0.900. The van der Waals surface area contributed by atoms with Gasteiger partial charge in [0.25, 0.3) is 11.2 Å². The van der Waals surface area contributed by atoms with E-state index in [9.17, 15) is 61.5 Å². The van der Waals surface area contributed by atoms with E-state index in [1.165, 1.54) is 45.4 Å². The van der Waals surface area contributed by atoms with Gasteiger partial charge in [0, 0.05) is 6.61 Å². The summed E-state index contributed by atoms with van der Waals surface area (Å²) in [6.07, 6.45) is -11.1. The minimum Gasteiger partial charge on any atom is -0.374 e. The van der Waals surface area contributed by atoms with Crippen molar-refractivity contribution >= 4 is 0 Å². The molecule has 0 amide bonds. The smallest absolute Gasteiger partial charge is 0.374 e. The van der Waals surface area contributed by atoms with Crippen molar-refractivity contribution in [2.45, 2.75) is 173 Å². The van der Waals surface area contributed by atoms with Gasteiger partial charge >= 0.3 is 24.7 Å². The molecular formula is C37H64F14O3. The van der Waals surface area contributed by atoms with E-state index in [0.29, 0.717) is 46.5 Å². The number of fused-ring (bicyclic) bond motifs is 4. The molecule has 6 unspecified atom stereocenters. The zero-order valence-corrected chi connectivity index (χ0v) is 32.7. The standard InChI is InChI=1S/C14H20F6O2.C11H14F6O.2C5H12.2CH3F/c1-2-21-8-22-12(13(15,16)17,14(18,19)20)7-11-6-9-3-4-10(11)5-9;12-10(13,14)9(18,11(15,16)17)5-8-4-6-1-2-7(8)3-6;2*1-3-5-4-2;2*1-2/h9-11H,2-8H2,1H3;6-8,18H,1-5H2;2*3-5H2,1-2H3;2*1H3. The van der Waals surface area contributed by atoms with Gasteiger partial charge in [-0.2, -0.15) is 52.7 Å². The molecule has 4 aliphatic carbocycles. The van der Waals surface area contributed by atoms with Crippen molar-refractivity contribution in [3.63, 3.8) is 0 Å². The summed E-state index contributed by atoms with van der Waals surface area (Å²) in [6.45, 7) is 9.29. The van der Waals surface area contributed by atoms with Crippen LogP contribution in [0.5, 0.6) is 0 Å². The lowest BCUT2D eigenvalue weighted by atomic mass is 9.79. The van der Waals surface area contributed by atoms with E-state index >= 15 is 0 Å². The van der Waals surface area contributed by atoms with Crippen LogP contribution in [0.25, 0.3) is 0 Å². The number of hydrogen-bond donors (Lipinski definition) is 1. The molecule has 0 spiro atoms. The molecule has 0 radical (unpaired) electrons. The Bertz CT molecular complexity index is 899. The molecule has 0 heterocycles. The van der Waals surface area contributed by atoms with E-state index in [1.807, 2.05) is 0 Å². The van der Waals surface area contributed by atoms with Crippen molar-refractivity contribution < 1.29 is 76.0 Å². The second-order valence-corrected chi connectivity index (χ2v) is 14.4. The van der Waals surface area contributed by atoms with Crippen LogP contribution < -0.4 is 0 Å². The van der Waals surface area contributed by atoms with Crippen LogP contribution in [-0.4, -0.2) is 68.8 Å². The molecule has 54 heavy (non-hydrogen) atoms. The van der Waals surface area contributed by atoms with Crippen molar-refractivity contribution in [1.82, 2.24) is 0 Å². The zero-order chi connectivity index (χ0) is 42.6. The molecule has 0 aromatic carbocycles. The summed E-state index contributed by atoms with van der Waals surface area (Å²) in [6, 6.07) is 0. The summed E-state index contributed by atoms with van der Waals surface area (Å²) in [7, 11) is 1.00. The number of ether oxygens (including phenoxy) is 2. The van der Waals surface area contributed by atoms with Crippen LogP contribution in [-0.2, 0) is 9.47 Å². The van der Waals surface area contributed by atoms with E-state index < -0.39 is 67.4 Å². The average molecular weight is 823 g/mol. The average Bonchev–Trinajstić information content (AvgIpc) is 3.90. The largest absolute Gasteiger partial charge is 0.426 e. The van der Waals surface area contributed by atoms with Gasteiger partial charge in [0.05, 0.1) is 14.4 Å². The Balaban J connectivity index is 0. The first-order valence-electron chi connectivity index (χ1n) is 18.9. The van der Waals surface area contributed by atoms with Crippen molar-refractivity contribution in [3.8, 4) is 0 Å². The lowest BCUT2D eigenvalue weighted by Crippen LogP contribution is -2.60. The fraction of sp³-hybridized carbons (Fsp3) is 1.00. The fourth-order valence-corrected chi connectivity index (χ4v) is 7.94. The van der Waals surface area contributed by atoms with Crippen molar-refractivity contribution in [1.29, 1.82) is 0 Å². The zero-order valence-electron chi connectivity index (χ0n) is 32.7. The molecule has 4 bridgehead atoms. The third-order valence-corrected chi connectivity index (χ3v) is 10.7. The normalized spacial score (nSPS) is 24.8. The van der Waals surface area contributed by atoms with Gasteiger partial charge in [0.2, 0.25) is 0 Å². The van der Waals surface area contributed by atoms with Crippen LogP contribution in [0.2, 0.25) is 0 Å². The highest BCUT2D eigenvalue weighted by atomic mass is 19.4. The molecule has 0 aliphatic heterocycles. The van der Waals surface area contributed by atoms with Gasteiger partial charge in [0.15, 0.2) is 0 Å². The molecule has 17 heteroatoms. The summed E-state index contributed by atoms with van der Waals surface area (Å²) in [4.78, 5) is 0. The first kappa shape index (κ1) is 55.0. The predicted octanol–water partition coefficient (Wildman–Crippen LogP) is 13.9. The van der Waals surface area contributed by atoms with Crippen LogP contribution in [0.3, 0.4) is 0 Å². The highest BCUT2D eigenvalue weighted by Crippen LogP contribution is 2.57. The van der Waals surface area contributed by atoms with E-state index in [1.54, 1.807) is 0 Å². The number of unbranched alkanes of at least 4 members (excludes halogenated alkanes) is 4. The molecule has 0 aromatic rings. The third kappa shape index (κ3) is 16.0. The predicted molar refractivity (Wildman–Crippen MR) is 181 cm³/mol. The molecule has 6 atom stereocenters. The SMILES string of the molecule is CCCCC.CCCCC.CCOCOC(CC1CC2CCC1C2)(C(F)(F)F)C(F)(F)F.CF.CF.OC(CC1CC2CCC1C2)(C(F)(F)F)C(F)(F)F. The molecule has 4 fully saturated rings. The second kappa shape index (κ2) is 25.3. The van der Waals surface area contributed by atoms with Crippen LogP contribution in [0.4, 0.5) is 61.5 Å². The van der Waals surface area contributed by atoms with Gasteiger partial charge in [-0.1, -0.05) is 79.1 Å². The first-order chi connectivity index (χ1) is 25.0. The number of halogens is 14. The summed E-state index contributed by atoms with van der Waals surface area (Å²) in [5.41, 5.74) is -8.69. The Morgan fingerprint density at radius 1 is 0.500 bits per heavy atom. The maximum Gasteiger partial charge on any atom is 0.426 e. The molecule has 4 saturated carbocycles. The van der Waals surface area contributed by atoms with E-state index in [2.05, 4.69) is 37.2 Å². The van der Waals surface area contributed by atoms with Crippen molar-refractivity contribution in [2.75, 3.05) is 27.8 Å². The minimum absolute atomic E-state index is 0.0140. The van der Waals surface area contributed by atoms with E-state index in [4.69, 9.17) is 5.11 Å². The Kier molecular flexibility index (Phi) is 25.8. The monoisotopic (exact) mass is 822 g/mol. The van der Waals surface area contributed by atoms with Crippen LogP contribution >= 0.6 is 0 Å². The topological polar surface area (TPSA) is 38.7 Å². The lowest BCUT2D eigenvalue weighted by Gasteiger charge is -2.40. The maximum atomic E-state index is 13.3. The minimum atomic E-state index is -5.67. The van der Waals surface area contributed by atoms with Gasteiger partial charge in [-0.3, -0.25) is 8.78 Å². The van der Waals surface area contributed by atoms with Gasteiger partial charge in [-0.05, 0) is 93.8 Å². The Morgan fingerprint density at radius 2 is 0.852 bits per heavy atom. The van der Waals surface area contributed by atoms with Crippen molar-refractivity contribution in [3.05, 3.63) is 0 Å². The molecule has 328 valence electrons. The molecular weight excluding hydrogens is 758 g/mol. The molecule has 0 saturated heterocycles. The molecule has 3 nitrogen and oxygen atoms in total. The molecule has 4 rings (SSSR count). The second-order valence-electron chi connectivity index (χ2n) is 14.4. The number of alkyl halides is 14. The van der Waals surface area contributed by atoms with Crippen LogP contribution in [0.1, 0.15) is 137 Å².